The third-order valence-electron chi connectivity index (χ3n) is 3.57. The van der Waals surface area contributed by atoms with Crippen LogP contribution in [-0.4, -0.2) is 8.42 Å². The van der Waals surface area contributed by atoms with Gasteiger partial charge in [-0.15, -0.1) is 0 Å². The lowest BCUT2D eigenvalue weighted by molar-refractivity contribution is 0.569. The first-order valence-corrected chi connectivity index (χ1v) is 9.54. The van der Waals surface area contributed by atoms with Gasteiger partial charge in [-0.25, -0.2) is 17.2 Å². The number of halogens is 4. The van der Waals surface area contributed by atoms with Gasteiger partial charge in [0.2, 0.25) is 0 Å². The van der Waals surface area contributed by atoms with Crippen molar-refractivity contribution in [2.24, 2.45) is 0 Å². The Morgan fingerprint density at radius 3 is 2.23 bits per heavy atom. The second kappa shape index (κ2) is 7.23. The van der Waals surface area contributed by atoms with E-state index < -0.39 is 31.6 Å². The molecule has 0 bridgehead atoms. The minimum Gasteiger partial charge on any atom is -0.277 e. The molecule has 0 aliphatic rings. The van der Waals surface area contributed by atoms with Gasteiger partial charge in [-0.3, -0.25) is 4.72 Å². The molecule has 3 rings (SSSR count). The molecule has 3 aromatic carbocycles. The number of sulfonamides is 1. The zero-order valence-electron chi connectivity index (χ0n) is 13.0. The van der Waals surface area contributed by atoms with Crippen LogP contribution in [0.1, 0.15) is 0 Å². The Kier molecular flexibility index (Phi) is 5.18. The average Bonchev–Trinajstić information content (AvgIpc) is 2.60. The van der Waals surface area contributed by atoms with E-state index in [-0.39, 0.29) is 10.7 Å². The second-order valence-electron chi connectivity index (χ2n) is 5.37. The molecule has 0 saturated carbocycles. The highest BCUT2D eigenvalue weighted by Gasteiger charge is 2.23. The van der Waals surface area contributed by atoms with Crippen LogP contribution in [0.4, 0.5) is 14.5 Å². The summed E-state index contributed by atoms with van der Waals surface area (Å²) >= 11 is 11.4. The monoisotopic (exact) mass is 413 g/mol. The zero-order valence-corrected chi connectivity index (χ0v) is 15.3. The predicted octanol–water partition coefficient (Wildman–Crippen LogP) is 5.74. The lowest BCUT2D eigenvalue weighted by Crippen LogP contribution is -2.16. The Morgan fingerprint density at radius 1 is 0.846 bits per heavy atom. The topological polar surface area (TPSA) is 46.2 Å². The van der Waals surface area contributed by atoms with Crippen LogP contribution in [0.3, 0.4) is 0 Å². The summed E-state index contributed by atoms with van der Waals surface area (Å²) in [6, 6.07) is 15.0. The Hall–Kier alpha value is -2.15. The van der Waals surface area contributed by atoms with E-state index in [4.69, 9.17) is 23.2 Å². The number of anilines is 1. The molecular weight excluding hydrogens is 403 g/mol. The highest BCUT2D eigenvalue weighted by atomic mass is 35.5. The van der Waals surface area contributed by atoms with Crippen LogP contribution in [0.25, 0.3) is 11.1 Å². The summed E-state index contributed by atoms with van der Waals surface area (Å²) < 4.78 is 55.3. The summed E-state index contributed by atoms with van der Waals surface area (Å²) in [5.41, 5.74) is 1.04. The van der Waals surface area contributed by atoms with Gasteiger partial charge in [-0.2, -0.15) is 0 Å². The molecule has 0 spiro atoms. The number of hydrogen-bond donors (Lipinski definition) is 1. The first-order chi connectivity index (χ1) is 12.3. The van der Waals surface area contributed by atoms with Gasteiger partial charge >= 0.3 is 0 Å². The molecule has 3 nitrogen and oxygen atoms in total. The number of nitrogens with one attached hydrogen (secondary N) is 1. The van der Waals surface area contributed by atoms with Crippen molar-refractivity contribution in [3.63, 3.8) is 0 Å². The summed E-state index contributed by atoms with van der Waals surface area (Å²) in [7, 11) is -4.44. The van der Waals surface area contributed by atoms with Crippen LogP contribution in [0.5, 0.6) is 0 Å². The molecule has 0 saturated heterocycles. The Labute approximate surface area is 159 Å². The highest BCUT2D eigenvalue weighted by Crippen LogP contribution is 2.30. The summed E-state index contributed by atoms with van der Waals surface area (Å²) in [6.07, 6.45) is 0. The molecule has 26 heavy (non-hydrogen) atoms. The molecule has 0 amide bonds. The molecule has 0 heterocycles. The first-order valence-electron chi connectivity index (χ1n) is 7.30. The van der Waals surface area contributed by atoms with Crippen LogP contribution in [0.15, 0.2) is 65.6 Å². The predicted molar refractivity (Wildman–Crippen MR) is 99.1 cm³/mol. The van der Waals surface area contributed by atoms with Gasteiger partial charge in [0.15, 0.2) is 5.82 Å². The molecule has 0 aromatic heterocycles. The molecule has 0 fully saturated rings. The second-order valence-corrected chi connectivity index (χ2v) is 7.86. The lowest BCUT2D eigenvalue weighted by atomic mass is 10.1. The largest absolute Gasteiger partial charge is 0.277 e. The van der Waals surface area contributed by atoms with E-state index in [0.29, 0.717) is 5.56 Å². The molecule has 8 heteroatoms. The van der Waals surface area contributed by atoms with Crippen LogP contribution >= 0.6 is 23.2 Å². The zero-order chi connectivity index (χ0) is 18.9. The van der Waals surface area contributed by atoms with Crippen molar-refractivity contribution >= 4 is 38.9 Å². The molecule has 1 N–H and O–H groups in total. The van der Waals surface area contributed by atoms with Gasteiger partial charge in [0.25, 0.3) is 10.0 Å². The molecule has 0 unspecified atom stereocenters. The quantitative estimate of drug-likeness (QED) is 0.554. The van der Waals surface area contributed by atoms with Gasteiger partial charge < -0.3 is 0 Å². The minimum atomic E-state index is -4.44. The Balaban J connectivity index is 2.03. The minimum absolute atomic E-state index is 0.0599. The van der Waals surface area contributed by atoms with E-state index in [1.807, 2.05) is 10.8 Å². The lowest BCUT2D eigenvalue weighted by Gasteiger charge is -2.12. The number of rotatable bonds is 4. The van der Waals surface area contributed by atoms with E-state index in [9.17, 15) is 17.2 Å². The number of hydrogen-bond acceptors (Lipinski definition) is 2. The number of benzene rings is 3. The molecule has 0 aliphatic heterocycles. The molecule has 3 aromatic rings. The van der Waals surface area contributed by atoms with Crippen LogP contribution in [-0.2, 0) is 10.0 Å². The molecule has 0 radical (unpaired) electrons. The van der Waals surface area contributed by atoms with Crippen molar-refractivity contribution in [1.82, 2.24) is 0 Å². The highest BCUT2D eigenvalue weighted by molar-refractivity contribution is 7.92. The van der Waals surface area contributed by atoms with E-state index in [0.717, 1.165) is 23.8 Å². The standard InChI is InChI=1S/C18H11Cl2F2NO2S/c19-13-9-14(20)18(22)17(10-13)26(24,25)23-16-8-12(6-7-15(16)21)11-4-2-1-3-5-11/h1-10,23H. The fourth-order valence-corrected chi connectivity index (χ4v) is 4.14. The maximum absolute atomic E-state index is 14.1. The summed E-state index contributed by atoms with van der Waals surface area (Å²) in [5.74, 6) is -1.97. The summed E-state index contributed by atoms with van der Waals surface area (Å²) in [6.45, 7) is 0. The molecule has 0 aliphatic carbocycles. The maximum atomic E-state index is 14.1. The van der Waals surface area contributed by atoms with Gasteiger partial charge in [-0.1, -0.05) is 59.6 Å². The summed E-state index contributed by atoms with van der Waals surface area (Å²) in [5, 5.41) is -0.508. The molecule has 0 atom stereocenters. The Bertz CT molecular complexity index is 1070. The van der Waals surface area contributed by atoms with Crippen molar-refractivity contribution in [3.05, 3.63) is 82.3 Å². The normalized spacial score (nSPS) is 11.4. The van der Waals surface area contributed by atoms with Crippen LogP contribution < -0.4 is 4.72 Å². The first kappa shape index (κ1) is 18.6. The van der Waals surface area contributed by atoms with Gasteiger partial charge in [-0.05, 0) is 35.4 Å². The fraction of sp³-hybridized carbons (Fsp3) is 0. The van der Waals surface area contributed by atoms with Crippen molar-refractivity contribution in [3.8, 4) is 11.1 Å². The Morgan fingerprint density at radius 2 is 1.54 bits per heavy atom. The van der Waals surface area contributed by atoms with Crippen molar-refractivity contribution < 1.29 is 17.2 Å². The van der Waals surface area contributed by atoms with E-state index >= 15 is 0 Å². The van der Waals surface area contributed by atoms with E-state index in [2.05, 4.69) is 0 Å². The van der Waals surface area contributed by atoms with Gasteiger partial charge in [0.1, 0.15) is 10.7 Å². The van der Waals surface area contributed by atoms with Crippen molar-refractivity contribution in [1.29, 1.82) is 0 Å². The molecular formula is C18H11Cl2F2NO2S. The van der Waals surface area contributed by atoms with E-state index in [1.165, 1.54) is 12.1 Å². The fourth-order valence-electron chi connectivity index (χ4n) is 2.34. The van der Waals surface area contributed by atoms with E-state index in [1.54, 1.807) is 24.3 Å². The average molecular weight is 414 g/mol. The van der Waals surface area contributed by atoms with Crippen LogP contribution in [0, 0.1) is 11.6 Å². The SMILES string of the molecule is O=S(=O)(Nc1cc(-c2ccccc2)ccc1F)c1cc(Cl)cc(Cl)c1F. The third kappa shape index (κ3) is 3.82. The smallest absolute Gasteiger partial charge is 0.265 e. The summed E-state index contributed by atoms with van der Waals surface area (Å²) in [4.78, 5) is -0.764. The third-order valence-corrected chi connectivity index (χ3v) is 5.42. The van der Waals surface area contributed by atoms with Crippen molar-refractivity contribution in [2.75, 3.05) is 4.72 Å². The van der Waals surface area contributed by atoms with Gasteiger partial charge in [0.05, 0.1) is 10.7 Å². The van der Waals surface area contributed by atoms with Gasteiger partial charge in [0, 0.05) is 5.02 Å². The van der Waals surface area contributed by atoms with Crippen molar-refractivity contribution in [2.45, 2.75) is 4.90 Å². The molecule has 134 valence electrons. The maximum Gasteiger partial charge on any atom is 0.265 e. The van der Waals surface area contributed by atoms with Crippen LogP contribution in [0.2, 0.25) is 10.0 Å².